The molecule has 0 spiro atoms. The first kappa shape index (κ1) is 27.4. The highest BCUT2D eigenvalue weighted by Gasteiger charge is 2.29. The van der Waals surface area contributed by atoms with Gasteiger partial charge in [0.25, 0.3) is 0 Å². The Kier molecular flexibility index (Phi) is 8.49. The summed E-state index contributed by atoms with van der Waals surface area (Å²) < 4.78 is 91.0. The van der Waals surface area contributed by atoms with Crippen molar-refractivity contribution in [3.8, 4) is 22.6 Å². The second-order valence-corrected chi connectivity index (χ2v) is 8.99. The van der Waals surface area contributed by atoms with E-state index in [0.29, 0.717) is 45.4 Å². The van der Waals surface area contributed by atoms with E-state index in [2.05, 4.69) is 4.74 Å². The molecule has 0 aliphatic rings. The van der Waals surface area contributed by atoms with Crippen LogP contribution < -0.4 is 9.47 Å². The van der Waals surface area contributed by atoms with Crippen LogP contribution in [0.5, 0.6) is 11.5 Å². The molecule has 200 valence electrons. The standard InChI is InChI=1S/C30H26F6O2/c1-2-3-14-37-23-10-12-24(26(31)17-23)21-9-11-25-22(16-21)8-7-20(29(25)33)6-4-19-5-13-28(27(32)15-19)38-18-30(34,35)36/h5,7-13,15-17H,2-4,6,14,18H2,1H3. The lowest BCUT2D eigenvalue weighted by atomic mass is 9.97. The zero-order valence-corrected chi connectivity index (χ0v) is 20.7. The fraction of sp³-hybridized carbons (Fsp3) is 0.267. The normalized spacial score (nSPS) is 11.7. The van der Waals surface area contributed by atoms with Crippen molar-refractivity contribution in [2.45, 2.75) is 38.8 Å². The smallest absolute Gasteiger partial charge is 0.422 e. The van der Waals surface area contributed by atoms with Gasteiger partial charge in [-0.1, -0.05) is 43.7 Å². The molecular formula is C30H26F6O2. The third-order valence-corrected chi connectivity index (χ3v) is 6.12. The number of ether oxygens (including phenoxy) is 2. The van der Waals surface area contributed by atoms with Crippen molar-refractivity contribution in [3.05, 3.63) is 95.3 Å². The minimum Gasteiger partial charge on any atom is -0.493 e. The van der Waals surface area contributed by atoms with E-state index in [9.17, 15) is 22.0 Å². The third kappa shape index (κ3) is 6.79. The summed E-state index contributed by atoms with van der Waals surface area (Å²) in [6.45, 7) is 0.976. The van der Waals surface area contributed by atoms with Crippen molar-refractivity contribution in [1.29, 1.82) is 0 Å². The zero-order chi connectivity index (χ0) is 27.3. The number of hydrogen-bond acceptors (Lipinski definition) is 2. The van der Waals surface area contributed by atoms with Crippen LogP contribution in [-0.4, -0.2) is 19.4 Å². The van der Waals surface area contributed by atoms with Gasteiger partial charge >= 0.3 is 6.18 Å². The van der Waals surface area contributed by atoms with Crippen LogP contribution in [0.3, 0.4) is 0 Å². The average Bonchev–Trinajstić information content (AvgIpc) is 2.87. The molecule has 0 aliphatic heterocycles. The average molecular weight is 533 g/mol. The molecule has 0 atom stereocenters. The number of halogens is 6. The molecule has 0 fully saturated rings. The minimum absolute atomic E-state index is 0.250. The van der Waals surface area contributed by atoms with Crippen molar-refractivity contribution in [1.82, 2.24) is 0 Å². The van der Waals surface area contributed by atoms with E-state index < -0.39 is 36.0 Å². The van der Waals surface area contributed by atoms with Gasteiger partial charge in [-0.2, -0.15) is 13.2 Å². The molecule has 0 amide bonds. The maximum absolute atomic E-state index is 15.3. The van der Waals surface area contributed by atoms with Gasteiger partial charge in [0.1, 0.15) is 17.4 Å². The van der Waals surface area contributed by atoms with Crippen LogP contribution in [0.1, 0.15) is 30.9 Å². The zero-order valence-electron chi connectivity index (χ0n) is 20.7. The highest BCUT2D eigenvalue weighted by Crippen LogP contribution is 2.31. The maximum Gasteiger partial charge on any atom is 0.422 e. The molecule has 0 aromatic heterocycles. The van der Waals surface area contributed by atoms with Crippen molar-refractivity contribution in [2.24, 2.45) is 0 Å². The lowest BCUT2D eigenvalue weighted by Crippen LogP contribution is -2.19. The molecule has 0 unspecified atom stereocenters. The van der Waals surface area contributed by atoms with Crippen LogP contribution in [0.15, 0.2) is 66.7 Å². The predicted molar refractivity (Wildman–Crippen MR) is 135 cm³/mol. The lowest BCUT2D eigenvalue weighted by molar-refractivity contribution is -0.153. The minimum atomic E-state index is -4.57. The SMILES string of the molecule is CCCCOc1ccc(-c2ccc3c(F)c(CCc4ccc(OCC(F)(F)F)c(F)c4)ccc3c2)c(F)c1. The molecule has 0 bridgehead atoms. The lowest BCUT2D eigenvalue weighted by Gasteiger charge is -2.12. The Bertz CT molecular complexity index is 1410. The molecule has 4 rings (SSSR count). The van der Waals surface area contributed by atoms with E-state index in [1.165, 1.54) is 12.1 Å². The largest absolute Gasteiger partial charge is 0.493 e. The van der Waals surface area contributed by atoms with Gasteiger partial charge in [-0.3, -0.25) is 0 Å². The summed E-state index contributed by atoms with van der Waals surface area (Å²) in [5.41, 5.74) is 1.88. The van der Waals surface area contributed by atoms with E-state index in [1.807, 2.05) is 6.92 Å². The number of benzene rings is 4. The summed E-state index contributed by atoms with van der Waals surface area (Å²) in [5.74, 6) is -1.81. The molecular weight excluding hydrogens is 506 g/mol. The number of rotatable bonds is 10. The summed E-state index contributed by atoms with van der Waals surface area (Å²) in [7, 11) is 0. The van der Waals surface area contributed by atoms with Crippen molar-refractivity contribution >= 4 is 10.8 Å². The summed E-state index contributed by atoms with van der Waals surface area (Å²) in [6.07, 6.45) is -2.19. The monoisotopic (exact) mass is 532 g/mol. The molecule has 4 aromatic carbocycles. The fourth-order valence-corrected chi connectivity index (χ4v) is 4.11. The van der Waals surface area contributed by atoms with Crippen LogP contribution in [0, 0.1) is 17.5 Å². The quantitative estimate of drug-likeness (QED) is 0.150. The molecule has 0 radical (unpaired) electrons. The molecule has 0 aliphatic carbocycles. The molecule has 2 nitrogen and oxygen atoms in total. The Morgan fingerprint density at radius 3 is 2.29 bits per heavy atom. The first-order valence-corrected chi connectivity index (χ1v) is 12.3. The topological polar surface area (TPSA) is 18.5 Å². The van der Waals surface area contributed by atoms with Crippen LogP contribution >= 0.6 is 0 Å². The van der Waals surface area contributed by atoms with Crippen LogP contribution in [0.25, 0.3) is 21.9 Å². The molecule has 0 saturated carbocycles. The fourth-order valence-electron chi connectivity index (χ4n) is 4.11. The van der Waals surface area contributed by atoms with Crippen molar-refractivity contribution < 1.29 is 35.8 Å². The van der Waals surface area contributed by atoms with Gasteiger partial charge in [-0.05, 0) is 71.7 Å². The molecule has 0 heterocycles. The second-order valence-electron chi connectivity index (χ2n) is 8.99. The summed E-state index contributed by atoms with van der Waals surface area (Å²) in [6, 6.07) is 16.7. The molecule has 4 aromatic rings. The van der Waals surface area contributed by atoms with Gasteiger partial charge in [0.15, 0.2) is 18.2 Å². The first-order chi connectivity index (χ1) is 18.1. The number of aryl methyl sites for hydroxylation is 2. The summed E-state index contributed by atoms with van der Waals surface area (Å²) in [5, 5.41) is 0.969. The molecule has 8 heteroatoms. The van der Waals surface area contributed by atoms with E-state index in [-0.39, 0.29) is 12.8 Å². The van der Waals surface area contributed by atoms with Gasteiger partial charge in [0, 0.05) is 17.0 Å². The third-order valence-electron chi connectivity index (χ3n) is 6.12. The van der Waals surface area contributed by atoms with E-state index in [1.54, 1.807) is 42.5 Å². The highest BCUT2D eigenvalue weighted by atomic mass is 19.4. The van der Waals surface area contributed by atoms with Gasteiger partial charge in [0.2, 0.25) is 0 Å². The molecule has 38 heavy (non-hydrogen) atoms. The Hall–Kier alpha value is -3.68. The second kappa shape index (κ2) is 11.8. The van der Waals surface area contributed by atoms with Gasteiger partial charge in [-0.15, -0.1) is 0 Å². The Labute approximate surface area is 216 Å². The number of alkyl halides is 3. The van der Waals surface area contributed by atoms with E-state index in [0.717, 1.165) is 25.0 Å². The number of fused-ring (bicyclic) bond motifs is 1. The summed E-state index contributed by atoms with van der Waals surface area (Å²) in [4.78, 5) is 0. The van der Waals surface area contributed by atoms with Crippen LogP contribution in [0.2, 0.25) is 0 Å². The van der Waals surface area contributed by atoms with Gasteiger partial charge in [-0.25, -0.2) is 13.2 Å². The number of unbranched alkanes of at least 4 members (excludes halogenated alkanes) is 1. The Morgan fingerprint density at radius 2 is 1.58 bits per heavy atom. The van der Waals surface area contributed by atoms with Crippen LogP contribution in [0.4, 0.5) is 26.3 Å². The van der Waals surface area contributed by atoms with Crippen LogP contribution in [-0.2, 0) is 12.8 Å². The van der Waals surface area contributed by atoms with Crippen molar-refractivity contribution in [3.63, 3.8) is 0 Å². The molecule has 0 saturated heterocycles. The summed E-state index contributed by atoms with van der Waals surface area (Å²) >= 11 is 0. The highest BCUT2D eigenvalue weighted by molar-refractivity contribution is 5.88. The maximum atomic E-state index is 15.3. The predicted octanol–water partition coefficient (Wildman–Crippen LogP) is 8.83. The Balaban J connectivity index is 1.47. The number of hydrogen-bond donors (Lipinski definition) is 0. The van der Waals surface area contributed by atoms with Gasteiger partial charge in [0.05, 0.1) is 6.61 Å². The Morgan fingerprint density at radius 1 is 0.763 bits per heavy atom. The first-order valence-electron chi connectivity index (χ1n) is 12.3. The van der Waals surface area contributed by atoms with E-state index >= 15 is 4.39 Å². The van der Waals surface area contributed by atoms with E-state index in [4.69, 9.17) is 4.74 Å². The van der Waals surface area contributed by atoms with Gasteiger partial charge < -0.3 is 9.47 Å². The molecule has 0 N–H and O–H groups in total. The van der Waals surface area contributed by atoms with Crippen molar-refractivity contribution in [2.75, 3.05) is 13.2 Å².